The van der Waals surface area contributed by atoms with Crippen molar-refractivity contribution in [2.75, 3.05) is 7.05 Å². The molecule has 30 heavy (non-hydrogen) atoms. The highest BCUT2D eigenvalue weighted by molar-refractivity contribution is 5.99. The van der Waals surface area contributed by atoms with Gasteiger partial charge in [-0.15, -0.1) is 0 Å². The van der Waals surface area contributed by atoms with E-state index in [1.807, 2.05) is 0 Å². The van der Waals surface area contributed by atoms with Crippen LogP contribution in [0.15, 0.2) is 35.0 Å². The molecule has 0 radical (unpaired) electrons. The van der Waals surface area contributed by atoms with E-state index in [4.69, 9.17) is 4.42 Å². The Morgan fingerprint density at radius 3 is 2.63 bits per heavy atom. The van der Waals surface area contributed by atoms with Crippen molar-refractivity contribution in [1.82, 2.24) is 19.9 Å². The monoisotopic (exact) mass is 412 g/mol. The van der Waals surface area contributed by atoms with E-state index in [1.165, 1.54) is 6.07 Å². The molecule has 0 bridgehead atoms. The average molecular weight is 412 g/mol. The van der Waals surface area contributed by atoms with Crippen LogP contribution in [-0.2, 0) is 13.0 Å². The number of carbonyl (C=O) groups is 1. The standard InChI is InChI=1S/C22H22F2N4O2/c1-22(2,3)8-18-26-10-17(30-18)13-5-6-15(20(23)24)27-19(13)12-7-14-16(25-9-12)11-28(4)21(14)29/h5-7,9-10,20H,8,11H2,1-4H3. The number of halogens is 2. The van der Waals surface area contributed by atoms with Crippen LogP contribution in [0.2, 0.25) is 0 Å². The minimum Gasteiger partial charge on any atom is -0.441 e. The van der Waals surface area contributed by atoms with Crippen LogP contribution in [0.1, 0.15) is 54.8 Å². The first-order valence-electron chi connectivity index (χ1n) is 9.61. The zero-order valence-electron chi connectivity index (χ0n) is 17.2. The fourth-order valence-electron chi connectivity index (χ4n) is 3.42. The molecule has 4 heterocycles. The van der Waals surface area contributed by atoms with E-state index in [0.717, 1.165) is 0 Å². The van der Waals surface area contributed by atoms with Crippen molar-refractivity contribution >= 4 is 5.91 Å². The van der Waals surface area contributed by atoms with Gasteiger partial charge in [-0.25, -0.2) is 18.7 Å². The molecule has 0 unspecified atom stereocenters. The zero-order valence-corrected chi connectivity index (χ0v) is 17.2. The highest BCUT2D eigenvalue weighted by Gasteiger charge is 2.27. The Hall–Kier alpha value is -3.16. The molecule has 6 nitrogen and oxygen atoms in total. The highest BCUT2D eigenvalue weighted by atomic mass is 19.3. The first-order chi connectivity index (χ1) is 14.1. The molecule has 3 aromatic rings. The number of alkyl halides is 2. The van der Waals surface area contributed by atoms with Crippen LogP contribution in [0.25, 0.3) is 22.6 Å². The van der Waals surface area contributed by atoms with Gasteiger partial charge in [0.25, 0.3) is 12.3 Å². The van der Waals surface area contributed by atoms with Gasteiger partial charge in [-0.05, 0) is 23.6 Å². The molecule has 1 aliphatic heterocycles. The minimum absolute atomic E-state index is 0.0149. The van der Waals surface area contributed by atoms with E-state index < -0.39 is 6.43 Å². The Balaban J connectivity index is 1.82. The summed E-state index contributed by atoms with van der Waals surface area (Å²) in [6.45, 7) is 6.65. The predicted molar refractivity (Wildman–Crippen MR) is 107 cm³/mol. The molecule has 0 aromatic carbocycles. The summed E-state index contributed by atoms with van der Waals surface area (Å²) >= 11 is 0. The topological polar surface area (TPSA) is 72.1 Å². The summed E-state index contributed by atoms with van der Waals surface area (Å²) in [7, 11) is 1.69. The van der Waals surface area contributed by atoms with E-state index in [0.29, 0.717) is 47.0 Å². The lowest BCUT2D eigenvalue weighted by molar-refractivity contribution is 0.0816. The van der Waals surface area contributed by atoms with Gasteiger partial charge in [0.1, 0.15) is 5.69 Å². The number of aromatic nitrogens is 3. The molecule has 4 rings (SSSR count). The maximum atomic E-state index is 13.3. The quantitative estimate of drug-likeness (QED) is 0.609. The molecule has 0 saturated heterocycles. The molecule has 3 aromatic heterocycles. The second-order valence-electron chi connectivity index (χ2n) is 8.67. The van der Waals surface area contributed by atoms with E-state index in [9.17, 15) is 13.6 Å². The van der Waals surface area contributed by atoms with Gasteiger partial charge in [0.2, 0.25) is 0 Å². The number of nitrogens with zero attached hydrogens (tertiary/aromatic N) is 4. The molecule has 1 amide bonds. The molecule has 0 fully saturated rings. The zero-order chi connectivity index (χ0) is 21.6. The third-order valence-corrected chi connectivity index (χ3v) is 4.85. The molecule has 0 N–H and O–H groups in total. The summed E-state index contributed by atoms with van der Waals surface area (Å²) in [6.07, 6.45) is 1.04. The summed E-state index contributed by atoms with van der Waals surface area (Å²) in [4.78, 5) is 26.8. The first kappa shape index (κ1) is 20.1. The molecule has 8 heteroatoms. The van der Waals surface area contributed by atoms with Crippen LogP contribution in [-0.4, -0.2) is 32.8 Å². The van der Waals surface area contributed by atoms with Crippen LogP contribution in [0, 0.1) is 5.41 Å². The molecular formula is C22H22F2N4O2. The van der Waals surface area contributed by atoms with Gasteiger partial charge in [0.05, 0.1) is 29.7 Å². The molecule has 156 valence electrons. The average Bonchev–Trinajstić information content (AvgIpc) is 3.24. The maximum absolute atomic E-state index is 13.3. The van der Waals surface area contributed by atoms with Crippen molar-refractivity contribution in [1.29, 1.82) is 0 Å². The Labute approximate surface area is 173 Å². The Morgan fingerprint density at radius 1 is 1.17 bits per heavy atom. The lowest BCUT2D eigenvalue weighted by Gasteiger charge is -2.14. The molecule has 0 aliphatic carbocycles. The smallest absolute Gasteiger partial charge is 0.280 e. The number of pyridine rings is 2. The summed E-state index contributed by atoms with van der Waals surface area (Å²) in [5.74, 6) is 0.838. The third kappa shape index (κ3) is 3.81. The molecule has 0 atom stereocenters. The summed E-state index contributed by atoms with van der Waals surface area (Å²) in [6, 6.07) is 4.48. The number of carbonyl (C=O) groups excluding carboxylic acids is 1. The summed E-state index contributed by atoms with van der Waals surface area (Å²) in [5.41, 5.74) is 2.02. The maximum Gasteiger partial charge on any atom is 0.280 e. The SMILES string of the molecule is CN1Cc2ncc(-c3nc(C(F)F)ccc3-c3cnc(CC(C)(C)C)o3)cc2C1=O. The van der Waals surface area contributed by atoms with Crippen LogP contribution >= 0.6 is 0 Å². The Morgan fingerprint density at radius 2 is 1.93 bits per heavy atom. The number of oxazole rings is 1. The van der Waals surface area contributed by atoms with Gasteiger partial charge < -0.3 is 9.32 Å². The summed E-state index contributed by atoms with van der Waals surface area (Å²) < 4.78 is 32.6. The van der Waals surface area contributed by atoms with Gasteiger partial charge >= 0.3 is 0 Å². The number of amides is 1. The van der Waals surface area contributed by atoms with Crippen LogP contribution in [0.5, 0.6) is 0 Å². The fourth-order valence-corrected chi connectivity index (χ4v) is 3.42. The van der Waals surface area contributed by atoms with Crippen molar-refractivity contribution < 1.29 is 18.0 Å². The minimum atomic E-state index is -2.72. The lowest BCUT2D eigenvalue weighted by Crippen LogP contribution is -2.17. The molecule has 0 spiro atoms. The number of rotatable bonds is 4. The van der Waals surface area contributed by atoms with Crippen LogP contribution in [0.3, 0.4) is 0 Å². The molecular weight excluding hydrogens is 390 g/mol. The first-order valence-corrected chi connectivity index (χ1v) is 9.61. The fraction of sp³-hybridized carbons (Fsp3) is 0.364. The van der Waals surface area contributed by atoms with E-state index in [1.54, 1.807) is 36.5 Å². The van der Waals surface area contributed by atoms with Crippen LogP contribution in [0.4, 0.5) is 8.78 Å². The number of hydrogen-bond donors (Lipinski definition) is 0. The van der Waals surface area contributed by atoms with Gasteiger partial charge in [0, 0.05) is 30.8 Å². The van der Waals surface area contributed by atoms with Crippen molar-refractivity contribution in [3.05, 3.63) is 53.4 Å². The third-order valence-electron chi connectivity index (χ3n) is 4.85. The van der Waals surface area contributed by atoms with E-state index >= 15 is 0 Å². The molecule has 0 saturated carbocycles. The van der Waals surface area contributed by atoms with Gasteiger partial charge in [-0.1, -0.05) is 20.8 Å². The molecule has 1 aliphatic rings. The Bertz CT molecular complexity index is 1120. The van der Waals surface area contributed by atoms with Gasteiger partial charge in [0.15, 0.2) is 11.7 Å². The second-order valence-corrected chi connectivity index (χ2v) is 8.67. The van der Waals surface area contributed by atoms with Crippen LogP contribution < -0.4 is 0 Å². The second kappa shape index (κ2) is 7.27. The van der Waals surface area contributed by atoms with Crippen molar-refractivity contribution in [2.24, 2.45) is 5.41 Å². The van der Waals surface area contributed by atoms with Gasteiger partial charge in [-0.2, -0.15) is 0 Å². The highest BCUT2D eigenvalue weighted by Crippen LogP contribution is 2.35. The van der Waals surface area contributed by atoms with E-state index in [2.05, 4.69) is 35.7 Å². The van der Waals surface area contributed by atoms with Crippen molar-refractivity contribution in [3.63, 3.8) is 0 Å². The lowest BCUT2D eigenvalue weighted by atomic mass is 9.92. The van der Waals surface area contributed by atoms with E-state index in [-0.39, 0.29) is 22.7 Å². The Kier molecular flexibility index (Phi) is 4.88. The van der Waals surface area contributed by atoms with Crippen molar-refractivity contribution in [2.45, 2.75) is 40.2 Å². The largest absolute Gasteiger partial charge is 0.441 e. The van der Waals surface area contributed by atoms with Gasteiger partial charge in [-0.3, -0.25) is 9.78 Å². The number of hydrogen-bond acceptors (Lipinski definition) is 5. The van der Waals surface area contributed by atoms with Crippen molar-refractivity contribution in [3.8, 4) is 22.6 Å². The normalized spacial score (nSPS) is 14.0. The number of fused-ring (bicyclic) bond motifs is 1. The summed E-state index contributed by atoms with van der Waals surface area (Å²) in [5, 5.41) is 0. The predicted octanol–water partition coefficient (Wildman–Crippen LogP) is 4.91.